The minimum Gasteiger partial charge on any atom is -0.497 e. The first-order chi connectivity index (χ1) is 12.7. The lowest BCUT2D eigenvalue weighted by atomic mass is 10.1. The molecule has 0 N–H and O–H groups in total. The van der Waals surface area contributed by atoms with Crippen molar-refractivity contribution in [2.75, 3.05) is 45.3 Å². The van der Waals surface area contributed by atoms with E-state index in [2.05, 4.69) is 9.88 Å². The molecule has 3 rings (SSSR count). The van der Waals surface area contributed by atoms with Gasteiger partial charge in [0.25, 0.3) is 0 Å². The molecule has 0 aliphatic carbocycles. The number of aromatic nitrogens is 1. The first-order valence-electron chi connectivity index (χ1n) is 8.85. The minimum atomic E-state index is 0.184. The number of amides is 1. The summed E-state index contributed by atoms with van der Waals surface area (Å²) in [4.78, 5) is 20.9. The fourth-order valence-corrected chi connectivity index (χ4v) is 3.25. The molecule has 0 atom stereocenters. The third-order valence-corrected chi connectivity index (χ3v) is 4.76. The molecule has 1 aliphatic rings. The molecule has 1 saturated heterocycles. The van der Waals surface area contributed by atoms with Crippen molar-refractivity contribution in [1.82, 2.24) is 9.88 Å². The van der Waals surface area contributed by atoms with E-state index in [0.29, 0.717) is 12.8 Å². The molecule has 1 aliphatic heterocycles. The molecule has 0 radical (unpaired) electrons. The highest BCUT2D eigenvalue weighted by molar-refractivity contribution is 5.77. The summed E-state index contributed by atoms with van der Waals surface area (Å²) in [6, 6.07) is 9.70. The van der Waals surface area contributed by atoms with Gasteiger partial charge in [0.1, 0.15) is 11.5 Å². The lowest BCUT2D eigenvalue weighted by Crippen LogP contribution is -2.48. The van der Waals surface area contributed by atoms with Crippen molar-refractivity contribution in [3.05, 3.63) is 48.3 Å². The zero-order valence-corrected chi connectivity index (χ0v) is 15.4. The Labute approximate surface area is 154 Å². The van der Waals surface area contributed by atoms with E-state index in [9.17, 15) is 4.79 Å². The Balaban J connectivity index is 1.53. The average Bonchev–Trinajstić information content (AvgIpc) is 2.72. The maximum absolute atomic E-state index is 12.6. The Hall–Kier alpha value is -2.76. The number of piperazine rings is 1. The molecule has 1 aromatic carbocycles. The second-order valence-corrected chi connectivity index (χ2v) is 6.25. The van der Waals surface area contributed by atoms with Gasteiger partial charge in [0.15, 0.2) is 0 Å². The van der Waals surface area contributed by atoms with Gasteiger partial charge in [0, 0.05) is 50.7 Å². The zero-order valence-electron chi connectivity index (χ0n) is 15.4. The summed E-state index contributed by atoms with van der Waals surface area (Å²) in [5, 5.41) is 0. The van der Waals surface area contributed by atoms with Crippen LogP contribution in [0.15, 0.2) is 42.7 Å². The van der Waals surface area contributed by atoms with E-state index < -0.39 is 0 Å². The number of hydrogen-bond donors (Lipinski definition) is 0. The number of rotatable bonds is 6. The number of hydrogen-bond acceptors (Lipinski definition) is 5. The highest BCUT2D eigenvalue weighted by atomic mass is 16.5. The van der Waals surface area contributed by atoms with Gasteiger partial charge in [0.2, 0.25) is 5.91 Å². The molecule has 2 heterocycles. The van der Waals surface area contributed by atoms with Gasteiger partial charge in [-0.3, -0.25) is 9.78 Å². The zero-order chi connectivity index (χ0) is 18.4. The molecule has 0 saturated carbocycles. The molecule has 2 aromatic rings. The second-order valence-electron chi connectivity index (χ2n) is 6.25. The smallest absolute Gasteiger partial charge is 0.223 e. The van der Waals surface area contributed by atoms with Crippen LogP contribution in [-0.4, -0.2) is 56.2 Å². The summed E-state index contributed by atoms with van der Waals surface area (Å²) in [5.74, 6) is 1.75. The molecular formula is C20H25N3O3. The van der Waals surface area contributed by atoms with Crippen LogP contribution in [0.5, 0.6) is 11.5 Å². The third kappa shape index (κ3) is 4.25. The normalized spacial score (nSPS) is 14.2. The first-order valence-corrected chi connectivity index (χ1v) is 8.85. The molecule has 0 spiro atoms. The van der Waals surface area contributed by atoms with Crippen molar-refractivity contribution < 1.29 is 14.3 Å². The Morgan fingerprint density at radius 3 is 2.42 bits per heavy atom. The molecule has 1 amide bonds. The van der Waals surface area contributed by atoms with E-state index in [1.165, 1.54) is 0 Å². The standard InChI is InChI=1S/C20H25N3O3/c1-25-18-4-5-19(26-2)16(15-18)3-6-20(24)23-13-11-22(12-14-23)17-7-9-21-10-8-17/h4-5,7-10,15H,3,6,11-14H2,1-2H3. The van der Waals surface area contributed by atoms with Crippen LogP contribution in [0.25, 0.3) is 0 Å². The number of ether oxygens (including phenoxy) is 2. The SMILES string of the molecule is COc1ccc(OC)c(CCC(=O)N2CCN(c3ccncc3)CC2)c1. The number of benzene rings is 1. The Kier molecular flexibility index (Phi) is 5.94. The van der Waals surface area contributed by atoms with E-state index in [-0.39, 0.29) is 5.91 Å². The topological polar surface area (TPSA) is 54.9 Å². The largest absolute Gasteiger partial charge is 0.497 e. The van der Waals surface area contributed by atoms with E-state index in [1.54, 1.807) is 26.6 Å². The Morgan fingerprint density at radius 2 is 1.77 bits per heavy atom. The van der Waals surface area contributed by atoms with E-state index in [0.717, 1.165) is 48.9 Å². The van der Waals surface area contributed by atoms with Crippen LogP contribution in [0.4, 0.5) is 5.69 Å². The van der Waals surface area contributed by atoms with Gasteiger partial charge in [-0.25, -0.2) is 0 Å². The van der Waals surface area contributed by atoms with Crippen LogP contribution >= 0.6 is 0 Å². The summed E-state index contributed by atoms with van der Waals surface area (Å²) in [5.41, 5.74) is 2.16. The molecule has 0 bridgehead atoms. The highest BCUT2D eigenvalue weighted by Gasteiger charge is 2.21. The molecular weight excluding hydrogens is 330 g/mol. The lowest BCUT2D eigenvalue weighted by Gasteiger charge is -2.36. The van der Waals surface area contributed by atoms with Crippen LogP contribution in [-0.2, 0) is 11.2 Å². The predicted octanol–water partition coefficient (Wildman–Crippen LogP) is 2.38. The average molecular weight is 355 g/mol. The lowest BCUT2D eigenvalue weighted by molar-refractivity contribution is -0.131. The quantitative estimate of drug-likeness (QED) is 0.796. The summed E-state index contributed by atoms with van der Waals surface area (Å²) < 4.78 is 10.7. The summed E-state index contributed by atoms with van der Waals surface area (Å²) in [6.07, 6.45) is 4.71. The number of carbonyl (C=O) groups is 1. The maximum Gasteiger partial charge on any atom is 0.223 e. The number of nitrogens with zero attached hydrogens (tertiary/aromatic N) is 3. The number of methoxy groups -OCH3 is 2. The van der Waals surface area contributed by atoms with Gasteiger partial charge in [-0.05, 0) is 42.3 Å². The molecule has 138 valence electrons. The van der Waals surface area contributed by atoms with Crippen LogP contribution in [0.1, 0.15) is 12.0 Å². The monoisotopic (exact) mass is 355 g/mol. The van der Waals surface area contributed by atoms with Gasteiger partial charge >= 0.3 is 0 Å². The second kappa shape index (κ2) is 8.56. The van der Waals surface area contributed by atoms with Crippen molar-refractivity contribution >= 4 is 11.6 Å². The van der Waals surface area contributed by atoms with Crippen molar-refractivity contribution in [1.29, 1.82) is 0 Å². The number of anilines is 1. The van der Waals surface area contributed by atoms with Crippen LogP contribution in [0.3, 0.4) is 0 Å². The summed E-state index contributed by atoms with van der Waals surface area (Å²) in [6.45, 7) is 3.18. The molecule has 0 unspecified atom stereocenters. The highest BCUT2D eigenvalue weighted by Crippen LogP contribution is 2.25. The van der Waals surface area contributed by atoms with Gasteiger partial charge in [-0.15, -0.1) is 0 Å². The van der Waals surface area contributed by atoms with E-state index in [1.807, 2.05) is 35.2 Å². The van der Waals surface area contributed by atoms with Gasteiger partial charge < -0.3 is 19.3 Å². The molecule has 6 nitrogen and oxygen atoms in total. The number of aryl methyl sites for hydroxylation is 1. The molecule has 6 heteroatoms. The van der Waals surface area contributed by atoms with Gasteiger partial charge in [-0.1, -0.05) is 0 Å². The molecule has 1 fully saturated rings. The summed E-state index contributed by atoms with van der Waals surface area (Å²) >= 11 is 0. The van der Waals surface area contributed by atoms with Crippen LogP contribution in [0.2, 0.25) is 0 Å². The Bertz CT molecular complexity index is 728. The van der Waals surface area contributed by atoms with Crippen molar-refractivity contribution in [2.45, 2.75) is 12.8 Å². The third-order valence-electron chi connectivity index (χ3n) is 4.76. The Morgan fingerprint density at radius 1 is 1.04 bits per heavy atom. The van der Waals surface area contributed by atoms with E-state index in [4.69, 9.17) is 9.47 Å². The van der Waals surface area contributed by atoms with Crippen LogP contribution < -0.4 is 14.4 Å². The number of carbonyl (C=O) groups excluding carboxylic acids is 1. The van der Waals surface area contributed by atoms with Crippen molar-refractivity contribution in [3.63, 3.8) is 0 Å². The number of pyridine rings is 1. The van der Waals surface area contributed by atoms with Crippen molar-refractivity contribution in [3.8, 4) is 11.5 Å². The fraction of sp³-hybridized carbons (Fsp3) is 0.400. The molecule has 1 aromatic heterocycles. The van der Waals surface area contributed by atoms with E-state index >= 15 is 0 Å². The van der Waals surface area contributed by atoms with Gasteiger partial charge in [0.05, 0.1) is 14.2 Å². The predicted molar refractivity (Wildman–Crippen MR) is 101 cm³/mol. The summed E-state index contributed by atoms with van der Waals surface area (Å²) in [7, 11) is 3.28. The fourth-order valence-electron chi connectivity index (χ4n) is 3.25. The van der Waals surface area contributed by atoms with Crippen molar-refractivity contribution in [2.24, 2.45) is 0 Å². The van der Waals surface area contributed by atoms with Crippen LogP contribution in [0, 0.1) is 0 Å². The maximum atomic E-state index is 12.6. The minimum absolute atomic E-state index is 0.184. The first kappa shape index (κ1) is 18.0. The van der Waals surface area contributed by atoms with Gasteiger partial charge in [-0.2, -0.15) is 0 Å². The molecule has 26 heavy (non-hydrogen) atoms.